The maximum atomic E-state index is 12.8. The summed E-state index contributed by atoms with van der Waals surface area (Å²) < 4.78 is 15.4. The lowest BCUT2D eigenvalue weighted by Crippen LogP contribution is -2.27. The van der Waals surface area contributed by atoms with Crippen molar-refractivity contribution < 1.29 is 14.3 Å². The van der Waals surface area contributed by atoms with Gasteiger partial charge in [0.25, 0.3) is 5.56 Å². The molecule has 1 atom stereocenters. The molecule has 1 unspecified atom stereocenters. The lowest BCUT2D eigenvalue weighted by Gasteiger charge is -2.21. The van der Waals surface area contributed by atoms with Crippen molar-refractivity contribution in [3.8, 4) is 11.5 Å². The molecule has 1 aliphatic heterocycles. The van der Waals surface area contributed by atoms with E-state index in [-0.39, 0.29) is 23.9 Å². The van der Waals surface area contributed by atoms with Gasteiger partial charge in [0.15, 0.2) is 11.5 Å². The van der Waals surface area contributed by atoms with E-state index in [1.54, 1.807) is 4.57 Å². The van der Waals surface area contributed by atoms with Gasteiger partial charge in [-0.2, -0.15) is 0 Å². The van der Waals surface area contributed by atoms with Crippen LogP contribution in [-0.4, -0.2) is 38.3 Å². The second-order valence-corrected chi connectivity index (χ2v) is 8.95. The zero-order chi connectivity index (χ0) is 22.9. The molecule has 4 heterocycles. The van der Waals surface area contributed by atoms with Gasteiger partial charge in [0.05, 0.1) is 11.6 Å². The number of nitrogens with one attached hydrogen (secondary N) is 1. The Labute approximate surface area is 194 Å². The van der Waals surface area contributed by atoms with Crippen LogP contribution in [0, 0.1) is 0 Å². The Kier molecular flexibility index (Phi) is 5.76. The Morgan fingerprint density at radius 1 is 1.21 bits per heavy atom. The summed E-state index contributed by atoms with van der Waals surface area (Å²) in [5.41, 5.74) is 1.70. The van der Waals surface area contributed by atoms with Gasteiger partial charge in [0.2, 0.25) is 11.7 Å². The monoisotopic (exact) mass is 467 g/mol. The molecule has 4 aromatic rings. The van der Waals surface area contributed by atoms with Gasteiger partial charge in [-0.05, 0) is 42.5 Å². The number of amides is 1. The Hall–Kier alpha value is -3.40. The smallest absolute Gasteiger partial charge is 0.272 e. The lowest BCUT2D eigenvalue weighted by atomic mass is 10.1. The third-order valence-electron chi connectivity index (χ3n) is 5.75. The van der Waals surface area contributed by atoms with Crippen LogP contribution in [0.25, 0.3) is 16.0 Å². The molecule has 5 rings (SSSR count). The highest BCUT2D eigenvalue weighted by molar-refractivity contribution is 7.17. The van der Waals surface area contributed by atoms with Gasteiger partial charge >= 0.3 is 0 Å². The number of rotatable bonds is 7. The zero-order valence-electron chi connectivity index (χ0n) is 18.5. The largest absolute Gasteiger partial charge is 0.486 e. The van der Waals surface area contributed by atoms with E-state index in [9.17, 15) is 9.59 Å². The van der Waals surface area contributed by atoms with Crippen LogP contribution in [0.4, 0.5) is 0 Å². The van der Waals surface area contributed by atoms with Crippen LogP contribution in [0.2, 0.25) is 0 Å². The maximum Gasteiger partial charge on any atom is 0.272 e. The lowest BCUT2D eigenvalue weighted by molar-refractivity contribution is -0.121. The van der Waals surface area contributed by atoms with Gasteiger partial charge in [-0.1, -0.05) is 13.0 Å². The van der Waals surface area contributed by atoms with Crippen LogP contribution in [0.5, 0.6) is 11.5 Å². The van der Waals surface area contributed by atoms with E-state index in [4.69, 9.17) is 9.47 Å². The van der Waals surface area contributed by atoms with Crippen molar-refractivity contribution in [2.45, 2.75) is 45.7 Å². The minimum absolute atomic E-state index is 0.0423. The van der Waals surface area contributed by atoms with Crippen LogP contribution < -0.4 is 20.3 Å². The van der Waals surface area contributed by atoms with Gasteiger partial charge in [-0.3, -0.25) is 18.6 Å². The molecule has 0 saturated carbocycles. The molecule has 0 spiro atoms. The van der Waals surface area contributed by atoms with E-state index < -0.39 is 0 Å². The van der Waals surface area contributed by atoms with Gasteiger partial charge < -0.3 is 14.8 Å². The summed E-state index contributed by atoms with van der Waals surface area (Å²) >= 11 is 1.41. The zero-order valence-corrected chi connectivity index (χ0v) is 19.4. The van der Waals surface area contributed by atoms with Gasteiger partial charge in [0.1, 0.15) is 23.7 Å². The molecule has 0 aliphatic carbocycles. The Morgan fingerprint density at radius 2 is 2.03 bits per heavy atom. The molecular weight excluding hydrogens is 442 g/mol. The highest BCUT2D eigenvalue weighted by atomic mass is 32.1. The van der Waals surface area contributed by atoms with Crippen LogP contribution >= 0.6 is 11.3 Å². The van der Waals surface area contributed by atoms with Crippen molar-refractivity contribution in [1.29, 1.82) is 0 Å². The number of carbonyl (C=O) groups excluding carboxylic acids is 1. The molecule has 0 radical (unpaired) electrons. The molecule has 10 heteroatoms. The SMILES string of the molecule is CCCn1c(=O)c2sccc2n2c(CCC(=O)NC(C)c3ccc4c(c3)OCCO4)nnc12. The van der Waals surface area contributed by atoms with E-state index >= 15 is 0 Å². The van der Waals surface area contributed by atoms with Crippen molar-refractivity contribution in [3.05, 3.63) is 51.4 Å². The second kappa shape index (κ2) is 8.86. The maximum absolute atomic E-state index is 12.8. The van der Waals surface area contributed by atoms with Crippen molar-refractivity contribution >= 4 is 33.2 Å². The first-order valence-electron chi connectivity index (χ1n) is 11.1. The Bertz CT molecular complexity index is 1390. The molecule has 0 bridgehead atoms. The van der Waals surface area contributed by atoms with E-state index in [1.165, 1.54) is 11.3 Å². The quantitative estimate of drug-likeness (QED) is 0.448. The Morgan fingerprint density at radius 3 is 2.85 bits per heavy atom. The van der Waals surface area contributed by atoms with E-state index in [0.717, 1.165) is 23.3 Å². The van der Waals surface area contributed by atoms with Crippen molar-refractivity contribution in [1.82, 2.24) is 24.5 Å². The van der Waals surface area contributed by atoms with E-state index in [0.29, 0.717) is 48.2 Å². The molecule has 3 aromatic heterocycles. The fourth-order valence-corrected chi connectivity index (χ4v) is 4.94. The summed E-state index contributed by atoms with van der Waals surface area (Å²) in [6.07, 6.45) is 1.49. The standard InChI is InChI=1S/C23H25N5O4S/c1-3-9-27-22(30)21-16(8-12-33-21)28-19(25-26-23(27)28)6-7-20(29)24-14(2)15-4-5-17-18(13-15)32-11-10-31-17/h4-5,8,12-14H,3,6-7,9-11H2,1-2H3,(H,24,29). The van der Waals surface area contributed by atoms with Crippen molar-refractivity contribution in [2.24, 2.45) is 0 Å². The number of fused-ring (bicyclic) bond motifs is 4. The van der Waals surface area contributed by atoms with Gasteiger partial charge in [0, 0.05) is 19.4 Å². The summed E-state index contributed by atoms with van der Waals surface area (Å²) in [5.74, 6) is 2.53. The predicted molar refractivity (Wildman–Crippen MR) is 125 cm³/mol. The molecule has 0 fully saturated rings. The minimum atomic E-state index is -0.179. The van der Waals surface area contributed by atoms with E-state index in [2.05, 4.69) is 15.5 Å². The van der Waals surface area contributed by atoms with Crippen LogP contribution in [0.1, 0.15) is 44.1 Å². The highest BCUT2D eigenvalue weighted by Crippen LogP contribution is 2.32. The van der Waals surface area contributed by atoms with Gasteiger partial charge in [-0.25, -0.2) is 0 Å². The van der Waals surface area contributed by atoms with Crippen molar-refractivity contribution in [2.75, 3.05) is 13.2 Å². The molecule has 0 saturated heterocycles. The first-order chi connectivity index (χ1) is 16.1. The molecule has 172 valence electrons. The van der Waals surface area contributed by atoms with Gasteiger partial charge in [-0.15, -0.1) is 21.5 Å². The predicted octanol–water partition coefficient (Wildman–Crippen LogP) is 3.10. The van der Waals surface area contributed by atoms with Crippen LogP contribution in [-0.2, 0) is 17.8 Å². The number of thiophene rings is 1. The fraction of sp³-hybridized carbons (Fsp3) is 0.391. The van der Waals surface area contributed by atoms with Crippen LogP contribution in [0.15, 0.2) is 34.4 Å². The summed E-state index contributed by atoms with van der Waals surface area (Å²) in [7, 11) is 0. The molecule has 33 heavy (non-hydrogen) atoms. The molecule has 1 aliphatic rings. The normalized spacial score (nSPS) is 14.0. The number of aryl methyl sites for hydroxylation is 2. The number of benzene rings is 1. The summed E-state index contributed by atoms with van der Waals surface area (Å²) in [4.78, 5) is 25.5. The van der Waals surface area contributed by atoms with Crippen molar-refractivity contribution in [3.63, 3.8) is 0 Å². The number of nitrogens with zero attached hydrogens (tertiary/aromatic N) is 4. The number of carbonyl (C=O) groups is 1. The second-order valence-electron chi connectivity index (χ2n) is 8.04. The summed E-state index contributed by atoms with van der Waals surface area (Å²) in [6.45, 7) is 5.59. The minimum Gasteiger partial charge on any atom is -0.486 e. The average Bonchev–Trinajstić information content (AvgIpc) is 3.47. The van der Waals surface area contributed by atoms with E-state index in [1.807, 2.05) is 47.9 Å². The third-order valence-corrected chi connectivity index (χ3v) is 6.64. The average molecular weight is 468 g/mol. The number of hydrogen-bond donors (Lipinski definition) is 1. The molecule has 1 amide bonds. The third kappa shape index (κ3) is 3.95. The highest BCUT2D eigenvalue weighted by Gasteiger charge is 2.19. The molecule has 1 N–H and O–H groups in total. The Balaban J connectivity index is 1.33. The summed E-state index contributed by atoms with van der Waals surface area (Å²) in [5, 5.41) is 13.5. The first kappa shape index (κ1) is 21.4. The molecule has 1 aromatic carbocycles. The van der Waals surface area contributed by atoms with Crippen LogP contribution in [0.3, 0.4) is 0 Å². The number of aromatic nitrogens is 4. The first-order valence-corrected chi connectivity index (χ1v) is 12.0. The topological polar surface area (TPSA) is 99.8 Å². The fourth-order valence-electron chi connectivity index (χ4n) is 4.12. The summed E-state index contributed by atoms with van der Waals surface area (Å²) in [6, 6.07) is 7.44. The number of hydrogen-bond acceptors (Lipinski definition) is 7. The molecule has 9 nitrogen and oxygen atoms in total. The molecular formula is C23H25N5O4S. The number of ether oxygens (including phenoxy) is 2.